The molecule has 4 heteroatoms. The predicted octanol–water partition coefficient (Wildman–Crippen LogP) is 3.74. The van der Waals surface area contributed by atoms with E-state index in [1.54, 1.807) is 12.4 Å². The van der Waals surface area contributed by atoms with Crippen LogP contribution in [0.4, 0.5) is 4.39 Å². The summed E-state index contributed by atoms with van der Waals surface area (Å²) in [4.78, 5) is 16.6. The summed E-state index contributed by atoms with van der Waals surface area (Å²) >= 11 is 0. The maximum Gasteiger partial charge on any atom is 0.252 e. The van der Waals surface area contributed by atoms with Gasteiger partial charge in [0.1, 0.15) is 5.82 Å². The van der Waals surface area contributed by atoms with Crippen molar-refractivity contribution < 1.29 is 9.18 Å². The van der Waals surface area contributed by atoms with Gasteiger partial charge in [0.2, 0.25) is 0 Å². The topological polar surface area (TPSA) is 42.0 Å². The number of pyridine rings is 1. The van der Waals surface area contributed by atoms with Gasteiger partial charge in [0, 0.05) is 18.0 Å². The van der Waals surface area contributed by atoms with E-state index in [1.165, 1.54) is 24.3 Å². The molecule has 2 aromatic carbocycles. The van der Waals surface area contributed by atoms with Crippen LogP contribution >= 0.6 is 0 Å². The molecule has 0 aliphatic heterocycles. The standard InChI is InChI=1S/C19H15FN2O/c20-17-10-8-15(9-11-17)19(23)22-18(14-5-2-1-3-6-14)16-7-4-12-21-13-16/h1-13,18H,(H,22,23). The van der Waals surface area contributed by atoms with Gasteiger partial charge >= 0.3 is 0 Å². The van der Waals surface area contributed by atoms with Crippen LogP contribution in [-0.2, 0) is 0 Å². The minimum Gasteiger partial charge on any atom is -0.341 e. The molecule has 114 valence electrons. The van der Waals surface area contributed by atoms with Gasteiger partial charge in [-0.2, -0.15) is 0 Å². The number of aromatic nitrogens is 1. The summed E-state index contributed by atoms with van der Waals surface area (Å²) in [6.45, 7) is 0. The zero-order valence-corrected chi connectivity index (χ0v) is 12.3. The second kappa shape index (κ2) is 6.83. The van der Waals surface area contributed by atoms with Gasteiger partial charge in [0.15, 0.2) is 0 Å². The first kappa shape index (κ1) is 14.9. The Morgan fingerprint density at radius 2 is 1.61 bits per heavy atom. The molecule has 0 aliphatic carbocycles. The van der Waals surface area contributed by atoms with Crippen molar-refractivity contribution in [3.63, 3.8) is 0 Å². The average Bonchev–Trinajstić information content (AvgIpc) is 2.61. The lowest BCUT2D eigenvalue weighted by Gasteiger charge is -2.19. The quantitative estimate of drug-likeness (QED) is 0.798. The van der Waals surface area contributed by atoms with Crippen molar-refractivity contribution in [1.82, 2.24) is 10.3 Å². The highest BCUT2D eigenvalue weighted by Crippen LogP contribution is 2.21. The van der Waals surface area contributed by atoms with Crippen molar-refractivity contribution in [2.75, 3.05) is 0 Å². The summed E-state index contributed by atoms with van der Waals surface area (Å²) in [5.74, 6) is -0.629. The molecule has 3 nitrogen and oxygen atoms in total. The van der Waals surface area contributed by atoms with Gasteiger partial charge in [-0.1, -0.05) is 36.4 Å². The van der Waals surface area contributed by atoms with Gasteiger partial charge in [0.05, 0.1) is 6.04 Å². The minimum atomic E-state index is -0.367. The number of amides is 1. The van der Waals surface area contributed by atoms with E-state index in [0.29, 0.717) is 5.56 Å². The van der Waals surface area contributed by atoms with Crippen molar-refractivity contribution in [1.29, 1.82) is 0 Å². The van der Waals surface area contributed by atoms with Crippen LogP contribution in [0.3, 0.4) is 0 Å². The first-order valence-corrected chi connectivity index (χ1v) is 7.25. The fourth-order valence-corrected chi connectivity index (χ4v) is 2.37. The Kier molecular flexibility index (Phi) is 4.43. The van der Waals surface area contributed by atoms with Crippen LogP contribution in [0, 0.1) is 5.82 Å². The Balaban J connectivity index is 1.90. The van der Waals surface area contributed by atoms with E-state index < -0.39 is 0 Å². The molecule has 1 amide bonds. The molecular weight excluding hydrogens is 291 g/mol. The molecule has 3 rings (SSSR count). The number of halogens is 1. The number of nitrogens with one attached hydrogen (secondary N) is 1. The number of nitrogens with zero attached hydrogens (tertiary/aromatic N) is 1. The van der Waals surface area contributed by atoms with Gasteiger partial charge in [-0.3, -0.25) is 9.78 Å². The number of carbonyl (C=O) groups excluding carboxylic acids is 1. The summed E-state index contributed by atoms with van der Waals surface area (Å²) in [6.07, 6.45) is 3.41. The van der Waals surface area contributed by atoms with Gasteiger partial charge < -0.3 is 5.32 Å². The third kappa shape index (κ3) is 3.61. The Morgan fingerprint density at radius 1 is 0.913 bits per heavy atom. The molecule has 3 aromatic rings. The van der Waals surface area contributed by atoms with Crippen LogP contribution in [0.5, 0.6) is 0 Å². The number of hydrogen-bond acceptors (Lipinski definition) is 2. The molecule has 0 saturated heterocycles. The minimum absolute atomic E-state index is 0.261. The third-order valence-corrected chi connectivity index (χ3v) is 3.53. The van der Waals surface area contributed by atoms with E-state index in [9.17, 15) is 9.18 Å². The van der Waals surface area contributed by atoms with Gasteiger partial charge in [-0.05, 0) is 41.5 Å². The Bertz CT molecular complexity index is 734. The summed E-state index contributed by atoms with van der Waals surface area (Å²) in [7, 11) is 0. The highest BCUT2D eigenvalue weighted by Gasteiger charge is 2.17. The van der Waals surface area contributed by atoms with Crippen LogP contribution in [-0.4, -0.2) is 10.9 Å². The van der Waals surface area contributed by atoms with Gasteiger partial charge in [-0.15, -0.1) is 0 Å². The highest BCUT2D eigenvalue weighted by molar-refractivity contribution is 5.94. The van der Waals surface area contributed by atoms with E-state index in [0.717, 1.165) is 11.1 Å². The SMILES string of the molecule is O=C(NC(c1ccccc1)c1cccnc1)c1ccc(F)cc1. The molecular formula is C19H15FN2O. The summed E-state index contributed by atoms with van der Waals surface area (Å²) in [5, 5.41) is 2.98. The summed E-state index contributed by atoms with van der Waals surface area (Å²) in [6, 6.07) is 18.6. The lowest BCUT2D eigenvalue weighted by Crippen LogP contribution is -2.29. The monoisotopic (exact) mass is 306 g/mol. The maximum absolute atomic E-state index is 13.0. The van der Waals surface area contributed by atoms with Gasteiger partial charge in [0.25, 0.3) is 5.91 Å². The summed E-state index contributed by atoms with van der Waals surface area (Å²) < 4.78 is 13.0. The molecule has 1 atom stereocenters. The van der Waals surface area contributed by atoms with Gasteiger partial charge in [-0.25, -0.2) is 4.39 Å². The molecule has 0 fully saturated rings. The van der Waals surface area contributed by atoms with Crippen LogP contribution < -0.4 is 5.32 Å². The number of benzene rings is 2. The fraction of sp³-hybridized carbons (Fsp3) is 0.0526. The Hall–Kier alpha value is -3.01. The average molecular weight is 306 g/mol. The Labute approximate surface area is 133 Å². The van der Waals surface area contributed by atoms with Crippen molar-refractivity contribution in [2.24, 2.45) is 0 Å². The van der Waals surface area contributed by atoms with E-state index in [-0.39, 0.29) is 17.8 Å². The molecule has 1 aromatic heterocycles. The highest BCUT2D eigenvalue weighted by atomic mass is 19.1. The zero-order valence-electron chi connectivity index (χ0n) is 12.3. The Morgan fingerprint density at radius 3 is 2.26 bits per heavy atom. The maximum atomic E-state index is 13.0. The molecule has 0 spiro atoms. The van der Waals surface area contributed by atoms with Crippen LogP contribution in [0.15, 0.2) is 79.1 Å². The molecule has 23 heavy (non-hydrogen) atoms. The second-order valence-corrected chi connectivity index (χ2v) is 5.11. The lowest BCUT2D eigenvalue weighted by atomic mass is 9.99. The normalized spacial score (nSPS) is 11.7. The second-order valence-electron chi connectivity index (χ2n) is 5.11. The molecule has 0 radical (unpaired) electrons. The number of rotatable bonds is 4. The van der Waals surface area contributed by atoms with Crippen molar-refractivity contribution in [2.45, 2.75) is 6.04 Å². The van der Waals surface area contributed by atoms with Crippen molar-refractivity contribution >= 4 is 5.91 Å². The van der Waals surface area contributed by atoms with E-state index in [4.69, 9.17) is 0 Å². The molecule has 0 saturated carbocycles. The van der Waals surface area contributed by atoms with Crippen molar-refractivity contribution in [3.8, 4) is 0 Å². The molecule has 0 aliphatic rings. The lowest BCUT2D eigenvalue weighted by molar-refractivity contribution is 0.0943. The first-order chi connectivity index (χ1) is 11.2. The predicted molar refractivity (Wildman–Crippen MR) is 86.4 cm³/mol. The smallest absolute Gasteiger partial charge is 0.252 e. The fourth-order valence-electron chi connectivity index (χ4n) is 2.37. The van der Waals surface area contributed by atoms with Crippen LogP contribution in [0.2, 0.25) is 0 Å². The third-order valence-electron chi connectivity index (χ3n) is 3.53. The van der Waals surface area contributed by atoms with Crippen LogP contribution in [0.25, 0.3) is 0 Å². The largest absolute Gasteiger partial charge is 0.341 e. The summed E-state index contributed by atoms with van der Waals surface area (Å²) in [5.41, 5.74) is 2.25. The molecule has 1 unspecified atom stereocenters. The zero-order chi connectivity index (χ0) is 16.1. The molecule has 1 heterocycles. The van der Waals surface area contributed by atoms with Crippen LogP contribution in [0.1, 0.15) is 27.5 Å². The molecule has 1 N–H and O–H groups in total. The van der Waals surface area contributed by atoms with E-state index in [2.05, 4.69) is 10.3 Å². The number of hydrogen-bond donors (Lipinski definition) is 1. The number of carbonyl (C=O) groups is 1. The molecule has 0 bridgehead atoms. The van der Waals surface area contributed by atoms with E-state index >= 15 is 0 Å². The first-order valence-electron chi connectivity index (χ1n) is 7.25. The van der Waals surface area contributed by atoms with E-state index in [1.807, 2.05) is 42.5 Å². The van der Waals surface area contributed by atoms with Crippen molar-refractivity contribution in [3.05, 3.63) is 102 Å².